The lowest BCUT2D eigenvalue weighted by molar-refractivity contribution is -0.432. The molecule has 4 nitrogen and oxygen atoms in total. The van der Waals surface area contributed by atoms with Crippen molar-refractivity contribution in [3.63, 3.8) is 0 Å². The van der Waals surface area contributed by atoms with Gasteiger partial charge in [0.1, 0.15) is 0 Å². The van der Waals surface area contributed by atoms with Gasteiger partial charge in [0.25, 0.3) is 0 Å². The van der Waals surface area contributed by atoms with Crippen molar-refractivity contribution in [2.24, 2.45) is 0 Å². The van der Waals surface area contributed by atoms with Gasteiger partial charge in [-0.05, 0) is 13.1 Å². The Bertz CT molecular complexity index is 80.2. The van der Waals surface area contributed by atoms with E-state index in [0.717, 1.165) is 37.4 Å². The van der Waals surface area contributed by atoms with Crippen LogP contribution in [-0.2, 0) is 9.37 Å². The summed E-state index contributed by atoms with van der Waals surface area (Å²) in [6, 6.07) is 0. The van der Waals surface area contributed by atoms with Gasteiger partial charge in [0.05, 0.1) is 0 Å². The monoisotopic (exact) mass is 181 g/mol. The maximum absolute atomic E-state index is 7.79. The van der Waals surface area contributed by atoms with Gasteiger partial charge < -0.3 is 4.90 Å². The molecule has 1 N–H and O–H groups in total. The van der Waals surface area contributed by atoms with Crippen LogP contribution in [0.25, 0.3) is 0 Å². The third-order valence-corrected chi connectivity index (χ3v) is 1.97. The molecule has 0 aromatic heterocycles. The summed E-state index contributed by atoms with van der Waals surface area (Å²) in [5, 5.41) is 11.2. The van der Waals surface area contributed by atoms with Crippen LogP contribution < -0.4 is 0 Å². The molecule has 0 saturated carbocycles. The highest BCUT2D eigenvalue weighted by molar-refractivity contribution is 7.94. The molecule has 0 heterocycles. The minimum Gasteiger partial charge on any atom is -0.303 e. The summed E-state index contributed by atoms with van der Waals surface area (Å²) < 4.78 is 4.22. The summed E-state index contributed by atoms with van der Waals surface area (Å²) in [5.41, 5.74) is 0. The van der Waals surface area contributed by atoms with Gasteiger partial charge in [-0.25, -0.2) is 5.26 Å². The van der Waals surface area contributed by atoms with Crippen LogP contribution in [0.1, 0.15) is 13.8 Å². The van der Waals surface area contributed by atoms with Crippen molar-refractivity contribution in [1.82, 2.24) is 4.90 Å². The lowest BCUT2D eigenvalue weighted by Crippen LogP contribution is -2.25. The summed E-state index contributed by atoms with van der Waals surface area (Å²) in [7, 11) is 0. The largest absolute Gasteiger partial charge is 0.303 e. The number of hydrogen-bond donors (Lipinski definition) is 1. The molecular weight excluding hydrogens is 166 g/mol. The van der Waals surface area contributed by atoms with Crippen LogP contribution in [0.2, 0.25) is 0 Å². The Morgan fingerprint density at radius 1 is 1.36 bits per heavy atom. The third kappa shape index (κ3) is 6.58. The van der Waals surface area contributed by atoms with E-state index in [9.17, 15) is 0 Å². The lowest BCUT2D eigenvalue weighted by atomic mass is 10.5. The lowest BCUT2D eigenvalue weighted by Gasteiger charge is -2.16. The average Bonchev–Trinajstić information content (AvgIpc) is 2.05. The van der Waals surface area contributed by atoms with Crippen molar-refractivity contribution in [1.29, 1.82) is 0 Å². The van der Waals surface area contributed by atoms with E-state index in [1.54, 1.807) is 0 Å². The predicted octanol–water partition coefficient (Wildman–Crippen LogP) is 1.40. The highest BCUT2D eigenvalue weighted by Gasteiger charge is 1.98. The predicted molar refractivity (Wildman–Crippen MR) is 45.0 cm³/mol. The molecule has 0 unspecified atom stereocenters. The van der Waals surface area contributed by atoms with E-state index in [4.69, 9.17) is 5.26 Å². The van der Waals surface area contributed by atoms with Gasteiger partial charge in [0.15, 0.2) is 0 Å². The van der Waals surface area contributed by atoms with Crippen LogP contribution >= 0.6 is 12.0 Å². The molecule has 0 rings (SSSR count). The van der Waals surface area contributed by atoms with Gasteiger partial charge in [0, 0.05) is 24.3 Å². The summed E-state index contributed by atoms with van der Waals surface area (Å²) in [5.74, 6) is 0.794. The Kier molecular flexibility index (Phi) is 8.43. The number of nitrogens with zero attached hydrogens (tertiary/aromatic N) is 1. The van der Waals surface area contributed by atoms with Crippen LogP contribution in [0.4, 0.5) is 0 Å². The zero-order valence-electron chi connectivity index (χ0n) is 6.95. The summed E-state index contributed by atoms with van der Waals surface area (Å²) in [4.78, 5) is 2.26. The van der Waals surface area contributed by atoms with E-state index < -0.39 is 0 Å². The zero-order valence-corrected chi connectivity index (χ0v) is 7.76. The molecule has 0 saturated heterocycles. The molecule has 68 valence electrons. The first-order valence-electron chi connectivity index (χ1n) is 3.67. The van der Waals surface area contributed by atoms with Crippen molar-refractivity contribution < 1.29 is 14.6 Å². The molecule has 0 aliphatic heterocycles. The van der Waals surface area contributed by atoms with E-state index >= 15 is 0 Å². The van der Waals surface area contributed by atoms with E-state index in [1.165, 1.54) is 0 Å². The van der Waals surface area contributed by atoms with Crippen molar-refractivity contribution in [3.05, 3.63) is 0 Å². The molecule has 0 aromatic carbocycles. The molecule has 0 atom stereocenters. The van der Waals surface area contributed by atoms with E-state index in [1.807, 2.05) is 0 Å². The normalized spacial score (nSPS) is 10.9. The molecule has 0 aliphatic rings. The SMILES string of the molecule is CCN(CC)CCSOOO. The third-order valence-electron chi connectivity index (χ3n) is 1.46. The highest BCUT2D eigenvalue weighted by Crippen LogP contribution is 2.02. The van der Waals surface area contributed by atoms with Gasteiger partial charge in [-0.15, -0.1) is 4.33 Å². The minimum atomic E-state index is 0.794. The number of hydrogen-bond acceptors (Lipinski definition) is 5. The van der Waals surface area contributed by atoms with Gasteiger partial charge >= 0.3 is 0 Å². The van der Waals surface area contributed by atoms with Crippen molar-refractivity contribution >= 4 is 12.0 Å². The number of rotatable bonds is 7. The topological polar surface area (TPSA) is 41.9 Å². The van der Waals surface area contributed by atoms with Crippen LogP contribution in [0.3, 0.4) is 0 Å². The first-order valence-corrected chi connectivity index (χ1v) is 4.58. The Hall–Kier alpha value is 0.190. The average molecular weight is 181 g/mol. The van der Waals surface area contributed by atoms with Crippen LogP contribution in [0, 0.1) is 0 Å². The molecule has 0 fully saturated rings. The van der Waals surface area contributed by atoms with Gasteiger partial charge in [-0.1, -0.05) is 18.9 Å². The summed E-state index contributed by atoms with van der Waals surface area (Å²) in [6.45, 7) is 7.24. The van der Waals surface area contributed by atoms with Crippen molar-refractivity contribution in [3.8, 4) is 0 Å². The van der Waals surface area contributed by atoms with E-state index in [2.05, 4.69) is 28.1 Å². The summed E-state index contributed by atoms with van der Waals surface area (Å²) >= 11 is 1.10. The van der Waals surface area contributed by atoms with Gasteiger partial charge in [-0.3, -0.25) is 0 Å². The molecular formula is C6H15NO3S. The zero-order chi connectivity index (χ0) is 8.53. The molecule has 0 amide bonds. The standard InChI is InChI=1S/C6H15NO3S/c1-3-7(4-2)5-6-11-10-9-8/h8H,3-6H2,1-2H3. The van der Waals surface area contributed by atoms with Crippen LogP contribution in [-0.4, -0.2) is 35.5 Å². The van der Waals surface area contributed by atoms with Gasteiger partial charge in [0.2, 0.25) is 0 Å². The maximum atomic E-state index is 7.79. The fourth-order valence-corrected chi connectivity index (χ4v) is 1.21. The fourth-order valence-electron chi connectivity index (χ4n) is 0.762. The maximum Gasteiger partial charge on any atom is 0.0359 e. The Labute approximate surface area is 71.5 Å². The van der Waals surface area contributed by atoms with E-state index in [0.29, 0.717) is 0 Å². The molecule has 0 radical (unpaired) electrons. The second-order valence-corrected chi connectivity index (χ2v) is 2.77. The minimum absolute atomic E-state index is 0.794. The molecule has 0 aliphatic carbocycles. The molecule has 11 heavy (non-hydrogen) atoms. The molecule has 5 heteroatoms. The Morgan fingerprint density at radius 3 is 2.45 bits per heavy atom. The van der Waals surface area contributed by atoms with Crippen LogP contribution in [0.15, 0.2) is 0 Å². The van der Waals surface area contributed by atoms with E-state index in [-0.39, 0.29) is 0 Å². The second kappa shape index (κ2) is 8.29. The highest BCUT2D eigenvalue weighted by atomic mass is 32.2. The van der Waals surface area contributed by atoms with Crippen LogP contribution in [0.5, 0.6) is 0 Å². The fraction of sp³-hybridized carbons (Fsp3) is 1.00. The first-order chi connectivity index (χ1) is 5.35. The Morgan fingerprint density at radius 2 is 2.00 bits per heavy atom. The van der Waals surface area contributed by atoms with Crippen molar-refractivity contribution in [2.45, 2.75) is 13.8 Å². The second-order valence-electron chi connectivity index (χ2n) is 1.99. The Balaban J connectivity index is 3.07. The van der Waals surface area contributed by atoms with Crippen molar-refractivity contribution in [2.75, 3.05) is 25.4 Å². The first kappa shape index (κ1) is 11.2. The molecule has 0 bridgehead atoms. The summed E-state index contributed by atoms with van der Waals surface area (Å²) in [6.07, 6.45) is 0. The van der Waals surface area contributed by atoms with Gasteiger partial charge in [-0.2, -0.15) is 0 Å². The smallest absolute Gasteiger partial charge is 0.0359 e. The molecule has 0 aromatic rings. The quantitative estimate of drug-likeness (QED) is 0.278. The molecule has 0 spiro atoms.